The van der Waals surface area contributed by atoms with E-state index in [1.54, 1.807) is 6.92 Å². The Balaban J connectivity index is 2.45. The Kier molecular flexibility index (Phi) is 6.15. The molecule has 1 aromatic rings. The maximum absolute atomic E-state index is 11.2. The lowest BCUT2D eigenvalue weighted by molar-refractivity contribution is 0.101. The number of Topliss-reactive ketones (excluding diaryl/α,β-unsaturated/α-hetero) is 1. The van der Waals surface area contributed by atoms with Crippen LogP contribution in [0.5, 0.6) is 0 Å². The van der Waals surface area contributed by atoms with Crippen molar-refractivity contribution in [2.45, 2.75) is 45.5 Å². The van der Waals surface area contributed by atoms with Crippen LogP contribution >= 0.6 is 0 Å². The molecule has 1 rings (SSSR count). The van der Waals surface area contributed by atoms with Gasteiger partial charge in [0.2, 0.25) is 0 Å². The van der Waals surface area contributed by atoms with Crippen molar-refractivity contribution in [3.63, 3.8) is 0 Å². The number of hydrogen-bond acceptors (Lipinski definition) is 1. The van der Waals surface area contributed by atoms with Crippen LogP contribution in [0.3, 0.4) is 0 Å². The second-order valence-corrected chi connectivity index (χ2v) is 12.0. The van der Waals surface area contributed by atoms with E-state index in [2.05, 4.69) is 38.4 Å². The summed E-state index contributed by atoms with van der Waals surface area (Å²) >= 11 is 0. The topological polar surface area (TPSA) is 17.1 Å². The highest BCUT2D eigenvalue weighted by atomic mass is 28.3. The minimum atomic E-state index is -0.957. The van der Waals surface area contributed by atoms with Crippen LogP contribution in [0.4, 0.5) is 0 Å². The third-order valence-electron chi connectivity index (χ3n) is 3.21. The van der Waals surface area contributed by atoms with Crippen molar-refractivity contribution < 1.29 is 4.79 Å². The number of rotatable bonds is 7. The summed E-state index contributed by atoms with van der Waals surface area (Å²) in [5, 5.41) is 0. The van der Waals surface area contributed by atoms with Crippen LogP contribution in [-0.4, -0.2) is 13.9 Å². The first-order valence-electron chi connectivity index (χ1n) is 7.24. The zero-order valence-corrected chi connectivity index (χ0v) is 14.2. The normalized spacial score (nSPS) is 11.8. The number of carbonyl (C=O) groups is 1. The highest BCUT2D eigenvalue weighted by Crippen LogP contribution is 2.19. The average Bonchev–Trinajstić information content (AvgIpc) is 2.37. The van der Waals surface area contributed by atoms with Crippen molar-refractivity contribution >= 4 is 19.4 Å². The maximum atomic E-state index is 11.2. The molecule has 0 fully saturated rings. The lowest BCUT2D eigenvalue weighted by atomic mass is 10.0. The molecule has 0 radical (unpaired) electrons. The molecular weight excluding hydrogens is 260 g/mol. The molecule has 0 aliphatic heterocycles. The van der Waals surface area contributed by atoms with Crippen molar-refractivity contribution in [3.8, 4) is 0 Å². The molecule has 2 heteroatoms. The Morgan fingerprint density at radius 1 is 1.10 bits per heavy atom. The Hall–Kier alpha value is -1.41. The molecule has 0 amide bonds. The summed E-state index contributed by atoms with van der Waals surface area (Å²) in [6.45, 7) is 12.9. The van der Waals surface area contributed by atoms with Gasteiger partial charge in [-0.2, -0.15) is 0 Å². The molecule has 1 nitrogen and oxygen atoms in total. The van der Waals surface area contributed by atoms with Gasteiger partial charge in [0.15, 0.2) is 5.78 Å². The highest BCUT2D eigenvalue weighted by Gasteiger charge is 2.09. The molecular formula is C18H26OSi. The Labute approximate surface area is 124 Å². The predicted octanol–water partition coefficient (Wildman–Crippen LogP) is 5.58. The van der Waals surface area contributed by atoms with E-state index in [1.165, 1.54) is 6.04 Å². The van der Waals surface area contributed by atoms with Crippen molar-refractivity contribution in [2.24, 2.45) is 0 Å². The molecule has 0 aliphatic rings. The number of carbonyl (C=O) groups excluding carboxylic acids is 1. The molecule has 0 heterocycles. The van der Waals surface area contributed by atoms with Crippen LogP contribution < -0.4 is 0 Å². The summed E-state index contributed by atoms with van der Waals surface area (Å²) in [5.74, 6) is 0.108. The molecule has 0 aromatic heterocycles. The van der Waals surface area contributed by atoms with Crippen LogP contribution in [0.25, 0.3) is 5.57 Å². The number of allylic oxidation sites excluding steroid dienone is 3. The lowest BCUT2D eigenvalue weighted by Gasteiger charge is -2.11. The van der Waals surface area contributed by atoms with Gasteiger partial charge in [0, 0.05) is 13.6 Å². The summed E-state index contributed by atoms with van der Waals surface area (Å²) in [6, 6.07) is 8.98. The highest BCUT2D eigenvalue weighted by molar-refractivity contribution is 6.76. The van der Waals surface area contributed by atoms with Gasteiger partial charge in [-0.05, 0) is 36.9 Å². The van der Waals surface area contributed by atoms with Gasteiger partial charge < -0.3 is 0 Å². The van der Waals surface area contributed by atoms with E-state index in [4.69, 9.17) is 0 Å². The molecule has 0 aliphatic carbocycles. The largest absolute Gasteiger partial charge is 0.295 e. The monoisotopic (exact) mass is 286 g/mol. The summed E-state index contributed by atoms with van der Waals surface area (Å²) in [5.41, 5.74) is 3.03. The molecule has 0 saturated carbocycles. The quantitative estimate of drug-likeness (QED) is 0.363. The van der Waals surface area contributed by atoms with Gasteiger partial charge in [-0.1, -0.05) is 62.6 Å². The van der Waals surface area contributed by atoms with E-state index in [0.29, 0.717) is 0 Å². The lowest BCUT2D eigenvalue weighted by Crippen LogP contribution is -2.17. The van der Waals surface area contributed by atoms with Crippen LogP contribution in [0.1, 0.15) is 35.7 Å². The van der Waals surface area contributed by atoms with Crippen LogP contribution in [0.2, 0.25) is 25.7 Å². The molecule has 0 unspecified atom stereocenters. The fourth-order valence-corrected chi connectivity index (χ4v) is 2.77. The minimum absolute atomic E-state index is 0.108. The first-order valence-corrected chi connectivity index (χ1v) is 10.9. The smallest absolute Gasteiger partial charge is 0.159 e. The fourth-order valence-electron chi connectivity index (χ4n) is 1.90. The fraction of sp³-hybridized carbons (Fsp3) is 0.389. The van der Waals surface area contributed by atoms with E-state index in [9.17, 15) is 4.79 Å². The minimum Gasteiger partial charge on any atom is -0.295 e. The van der Waals surface area contributed by atoms with Crippen molar-refractivity contribution in [1.29, 1.82) is 0 Å². The number of benzene rings is 1. The zero-order valence-electron chi connectivity index (χ0n) is 13.2. The number of hydrogen-bond donors (Lipinski definition) is 0. The second-order valence-electron chi connectivity index (χ2n) is 6.51. The summed E-state index contributed by atoms with van der Waals surface area (Å²) < 4.78 is 0. The van der Waals surface area contributed by atoms with E-state index < -0.39 is 8.07 Å². The van der Waals surface area contributed by atoms with E-state index >= 15 is 0 Å². The molecule has 0 N–H and O–H groups in total. The van der Waals surface area contributed by atoms with Gasteiger partial charge in [0.25, 0.3) is 0 Å². The van der Waals surface area contributed by atoms with Gasteiger partial charge in [0.05, 0.1) is 0 Å². The van der Waals surface area contributed by atoms with Crippen molar-refractivity contribution in [2.75, 3.05) is 0 Å². The van der Waals surface area contributed by atoms with E-state index in [1.807, 2.05) is 24.3 Å². The molecule has 0 atom stereocenters. The zero-order chi connectivity index (χ0) is 15.2. The predicted molar refractivity (Wildman–Crippen MR) is 92.0 cm³/mol. The Bertz CT molecular complexity index is 489. The van der Waals surface area contributed by atoms with Crippen molar-refractivity contribution in [3.05, 3.63) is 54.1 Å². The molecule has 20 heavy (non-hydrogen) atoms. The van der Waals surface area contributed by atoms with E-state index in [-0.39, 0.29) is 5.78 Å². The van der Waals surface area contributed by atoms with Crippen molar-refractivity contribution in [1.82, 2.24) is 0 Å². The number of ketones is 1. The van der Waals surface area contributed by atoms with Crippen LogP contribution in [0.15, 0.2) is 43.0 Å². The standard InChI is InChI=1S/C18H26OSi/c1-15(9-7-6-8-14-20(3,4)5)17-10-12-18(13-11-17)16(2)19/h6,8,10-13H,1,7,9,14H2,2-5H3/b8-6+. The van der Waals surface area contributed by atoms with Crippen LogP contribution in [-0.2, 0) is 0 Å². The molecule has 1 aromatic carbocycles. The Morgan fingerprint density at radius 3 is 2.15 bits per heavy atom. The SMILES string of the molecule is C=C(CC/C=C/C[Si](C)(C)C)c1ccc(C(C)=O)cc1. The summed E-state index contributed by atoms with van der Waals surface area (Å²) in [4.78, 5) is 11.2. The summed E-state index contributed by atoms with van der Waals surface area (Å²) in [7, 11) is -0.957. The van der Waals surface area contributed by atoms with Gasteiger partial charge in [-0.25, -0.2) is 0 Å². The second kappa shape index (κ2) is 7.39. The molecule has 0 bridgehead atoms. The average molecular weight is 286 g/mol. The third-order valence-corrected chi connectivity index (χ3v) is 4.67. The first-order chi connectivity index (χ1) is 9.29. The van der Waals surface area contributed by atoms with Gasteiger partial charge >= 0.3 is 0 Å². The third kappa shape index (κ3) is 6.16. The van der Waals surface area contributed by atoms with Gasteiger partial charge in [-0.3, -0.25) is 4.79 Å². The van der Waals surface area contributed by atoms with Gasteiger partial charge in [0.1, 0.15) is 0 Å². The first kappa shape index (κ1) is 16.6. The van der Waals surface area contributed by atoms with Crippen LogP contribution in [0, 0.1) is 0 Å². The Morgan fingerprint density at radius 2 is 1.65 bits per heavy atom. The molecule has 108 valence electrons. The maximum Gasteiger partial charge on any atom is 0.159 e. The molecule has 0 spiro atoms. The molecule has 0 saturated heterocycles. The van der Waals surface area contributed by atoms with Gasteiger partial charge in [-0.15, -0.1) is 0 Å². The summed E-state index contributed by atoms with van der Waals surface area (Å²) in [6.07, 6.45) is 6.60. The van der Waals surface area contributed by atoms with E-state index in [0.717, 1.165) is 29.5 Å².